The minimum atomic E-state index is 0.0998. The van der Waals surface area contributed by atoms with Crippen LogP contribution in [0.1, 0.15) is 37.9 Å². The highest BCUT2D eigenvalue weighted by Gasteiger charge is 2.24. The zero-order valence-corrected chi connectivity index (χ0v) is 11.8. The van der Waals surface area contributed by atoms with Crippen molar-refractivity contribution >= 4 is 5.91 Å². The van der Waals surface area contributed by atoms with Gasteiger partial charge < -0.3 is 20.2 Å². The standard InChI is InChI=1S/C15H24N2O3/c16-13-5-1-4-12(10-13)15(18)17-7-3-8-19-11-14-6-2-9-20-14/h2,6,9,12-13H,1,3-5,7-8,10-11,16H2,(H,17,18). The van der Waals surface area contributed by atoms with Crippen LogP contribution in [0, 0.1) is 5.92 Å². The van der Waals surface area contributed by atoms with Crippen molar-refractivity contribution in [3.8, 4) is 0 Å². The lowest BCUT2D eigenvalue weighted by molar-refractivity contribution is -0.126. The molecule has 0 bridgehead atoms. The molecule has 5 nitrogen and oxygen atoms in total. The molecule has 0 radical (unpaired) electrons. The summed E-state index contributed by atoms with van der Waals surface area (Å²) in [6.07, 6.45) is 6.34. The Hall–Kier alpha value is -1.33. The third-order valence-electron chi connectivity index (χ3n) is 3.67. The van der Waals surface area contributed by atoms with Gasteiger partial charge in [-0.3, -0.25) is 4.79 Å². The highest BCUT2D eigenvalue weighted by molar-refractivity contribution is 5.78. The molecule has 1 aliphatic rings. The predicted molar refractivity (Wildman–Crippen MR) is 75.9 cm³/mol. The summed E-state index contributed by atoms with van der Waals surface area (Å²) in [5.74, 6) is 1.07. The smallest absolute Gasteiger partial charge is 0.223 e. The molecular weight excluding hydrogens is 256 g/mol. The molecular formula is C15H24N2O3. The molecule has 1 heterocycles. The maximum Gasteiger partial charge on any atom is 0.223 e. The summed E-state index contributed by atoms with van der Waals surface area (Å²) in [5, 5.41) is 2.97. The minimum Gasteiger partial charge on any atom is -0.467 e. The molecule has 3 N–H and O–H groups in total. The van der Waals surface area contributed by atoms with E-state index in [9.17, 15) is 4.79 Å². The van der Waals surface area contributed by atoms with E-state index in [1.807, 2.05) is 12.1 Å². The van der Waals surface area contributed by atoms with Crippen molar-refractivity contribution in [3.05, 3.63) is 24.2 Å². The van der Waals surface area contributed by atoms with E-state index in [1.54, 1.807) is 6.26 Å². The molecule has 0 saturated heterocycles. The summed E-state index contributed by atoms with van der Waals surface area (Å²) in [7, 11) is 0. The molecule has 1 aliphatic carbocycles. The molecule has 20 heavy (non-hydrogen) atoms. The third kappa shape index (κ3) is 4.98. The van der Waals surface area contributed by atoms with Gasteiger partial charge in [-0.15, -0.1) is 0 Å². The van der Waals surface area contributed by atoms with Gasteiger partial charge in [0.1, 0.15) is 12.4 Å². The fourth-order valence-electron chi connectivity index (χ4n) is 2.56. The van der Waals surface area contributed by atoms with Crippen LogP contribution in [0.3, 0.4) is 0 Å². The van der Waals surface area contributed by atoms with E-state index < -0.39 is 0 Å². The first-order valence-electron chi connectivity index (χ1n) is 7.39. The number of nitrogens with two attached hydrogens (primary N) is 1. The molecule has 1 amide bonds. The normalized spacial score (nSPS) is 22.6. The van der Waals surface area contributed by atoms with Crippen molar-refractivity contribution in [1.82, 2.24) is 5.32 Å². The van der Waals surface area contributed by atoms with Gasteiger partial charge in [0.15, 0.2) is 0 Å². The quantitative estimate of drug-likeness (QED) is 0.747. The van der Waals surface area contributed by atoms with Crippen LogP contribution in [-0.2, 0) is 16.1 Å². The Morgan fingerprint density at radius 3 is 3.15 bits per heavy atom. The first-order chi connectivity index (χ1) is 9.75. The average molecular weight is 280 g/mol. The van der Waals surface area contributed by atoms with Crippen LogP contribution in [0.2, 0.25) is 0 Å². The van der Waals surface area contributed by atoms with Crippen molar-refractivity contribution in [2.24, 2.45) is 11.7 Å². The fourth-order valence-corrected chi connectivity index (χ4v) is 2.56. The number of nitrogens with one attached hydrogen (secondary N) is 1. The van der Waals surface area contributed by atoms with Gasteiger partial charge in [0.25, 0.3) is 0 Å². The third-order valence-corrected chi connectivity index (χ3v) is 3.67. The van der Waals surface area contributed by atoms with Crippen LogP contribution in [-0.4, -0.2) is 25.1 Å². The average Bonchev–Trinajstić information content (AvgIpc) is 2.95. The maximum absolute atomic E-state index is 11.9. The van der Waals surface area contributed by atoms with E-state index in [1.165, 1.54) is 0 Å². The molecule has 5 heteroatoms. The topological polar surface area (TPSA) is 77.5 Å². The number of rotatable bonds is 7. The highest BCUT2D eigenvalue weighted by atomic mass is 16.5. The molecule has 0 aliphatic heterocycles. The first kappa shape index (κ1) is 15.1. The van der Waals surface area contributed by atoms with Gasteiger partial charge >= 0.3 is 0 Å². The Kier molecular flexibility index (Phi) is 6.08. The molecule has 2 atom stereocenters. The van der Waals surface area contributed by atoms with Crippen LogP contribution in [0.25, 0.3) is 0 Å². The second-order valence-corrected chi connectivity index (χ2v) is 5.40. The fraction of sp³-hybridized carbons (Fsp3) is 0.667. The number of carbonyl (C=O) groups is 1. The zero-order valence-electron chi connectivity index (χ0n) is 11.8. The van der Waals surface area contributed by atoms with Gasteiger partial charge in [0.2, 0.25) is 5.91 Å². The monoisotopic (exact) mass is 280 g/mol. The zero-order chi connectivity index (χ0) is 14.2. The lowest BCUT2D eigenvalue weighted by atomic mass is 9.85. The van der Waals surface area contributed by atoms with E-state index in [0.29, 0.717) is 19.8 Å². The largest absolute Gasteiger partial charge is 0.467 e. The number of ether oxygens (including phenoxy) is 1. The van der Waals surface area contributed by atoms with Crippen molar-refractivity contribution in [3.63, 3.8) is 0 Å². The van der Waals surface area contributed by atoms with Crippen molar-refractivity contribution < 1.29 is 13.9 Å². The molecule has 1 aromatic heterocycles. The molecule has 112 valence electrons. The molecule has 1 saturated carbocycles. The first-order valence-corrected chi connectivity index (χ1v) is 7.39. The Labute approximate surface area is 119 Å². The molecule has 1 fully saturated rings. The Morgan fingerprint density at radius 2 is 2.40 bits per heavy atom. The van der Waals surface area contributed by atoms with Crippen LogP contribution in [0.5, 0.6) is 0 Å². The van der Waals surface area contributed by atoms with Crippen LogP contribution in [0.4, 0.5) is 0 Å². The Balaban J connectivity index is 1.51. The summed E-state index contributed by atoms with van der Waals surface area (Å²) < 4.78 is 10.6. The van der Waals surface area contributed by atoms with E-state index >= 15 is 0 Å². The van der Waals surface area contributed by atoms with Gasteiger partial charge in [-0.25, -0.2) is 0 Å². The minimum absolute atomic E-state index is 0.0998. The lowest BCUT2D eigenvalue weighted by Gasteiger charge is -2.25. The van der Waals surface area contributed by atoms with Crippen molar-refractivity contribution in [2.45, 2.75) is 44.8 Å². The summed E-state index contributed by atoms with van der Waals surface area (Å²) in [4.78, 5) is 11.9. The van der Waals surface area contributed by atoms with E-state index in [-0.39, 0.29) is 17.9 Å². The Morgan fingerprint density at radius 1 is 1.50 bits per heavy atom. The second kappa shape index (κ2) is 8.07. The van der Waals surface area contributed by atoms with Gasteiger partial charge in [-0.05, 0) is 37.8 Å². The number of hydrogen-bond acceptors (Lipinski definition) is 4. The number of amides is 1. The van der Waals surface area contributed by atoms with Gasteiger partial charge in [0.05, 0.1) is 6.26 Å². The number of hydrogen-bond donors (Lipinski definition) is 2. The van der Waals surface area contributed by atoms with Crippen LogP contribution < -0.4 is 11.1 Å². The van der Waals surface area contributed by atoms with E-state index in [2.05, 4.69) is 5.32 Å². The van der Waals surface area contributed by atoms with E-state index in [0.717, 1.165) is 37.9 Å². The number of carbonyl (C=O) groups excluding carboxylic acids is 1. The highest BCUT2D eigenvalue weighted by Crippen LogP contribution is 2.22. The predicted octanol–water partition coefficient (Wildman–Crippen LogP) is 1.82. The summed E-state index contributed by atoms with van der Waals surface area (Å²) in [6, 6.07) is 3.91. The molecule has 2 unspecified atom stereocenters. The lowest BCUT2D eigenvalue weighted by Crippen LogP contribution is -2.38. The molecule has 0 aromatic carbocycles. The van der Waals surface area contributed by atoms with Crippen molar-refractivity contribution in [1.29, 1.82) is 0 Å². The summed E-state index contributed by atoms with van der Waals surface area (Å²) in [6.45, 7) is 1.76. The van der Waals surface area contributed by atoms with Gasteiger partial charge in [-0.1, -0.05) is 6.42 Å². The summed E-state index contributed by atoms with van der Waals surface area (Å²) in [5.41, 5.74) is 5.89. The second-order valence-electron chi connectivity index (χ2n) is 5.40. The summed E-state index contributed by atoms with van der Waals surface area (Å²) >= 11 is 0. The molecule has 1 aromatic rings. The van der Waals surface area contributed by atoms with E-state index in [4.69, 9.17) is 14.9 Å². The van der Waals surface area contributed by atoms with Crippen LogP contribution in [0.15, 0.2) is 22.8 Å². The van der Waals surface area contributed by atoms with Gasteiger partial charge in [0, 0.05) is 25.1 Å². The molecule has 0 spiro atoms. The molecule has 2 rings (SSSR count). The number of furan rings is 1. The van der Waals surface area contributed by atoms with Crippen molar-refractivity contribution in [2.75, 3.05) is 13.2 Å². The maximum atomic E-state index is 11.9. The van der Waals surface area contributed by atoms with Crippen LogP contribution >= 0.6 is 0 Å². The SMILES string of the molecule is NC1CCCC(C(=O)NCCCOCc2ccco2)C1. The van der Waals surface area contributed by atoms with Gasteiger partial charge in [-0.2, -0.15) is 0 Å². The Bertz CT molecular complexity index is 392.